The fourth-order valence-electron chi connectivity index (χ4n) is 3.65. The van der Waals surface area contributed by atoms with Gasteiger partial charge in [0.1, 0.15) is 0 Å². The van der Waals surface area contributed by atoms with Crippen molar-refractivity contribution in [3.05, 3.63) is 77.1 Å². The molecule has 2 heterocycles. The van der Waals surface area contributed by atoms with Gasteiger partial charge in [-0.2, -0.15) is 0 Å². The molecule has 4 aromatic rings. The van der Waals surface area contributed by atoms with E-state index >= 15 is 0 Å². The predicted molar refractivity (Wildman–Crippen MR) is 108 cm³/mol. The van der Waals surface area contributed by atoms with Gasteiger partial charge in [0, 0.05) is 34.9 Å². The first-order valence-corrected chi connectivity index (χ1v) is 8.87. The number of aromatic nitrogens is 2. The van der Waals surface area contributed by atoms with E-state index in [-0.39, 0.29) is 5.92 Å². The third kappa shape index (κ3) is 3.06. The van der Waals surface area contributed by atoms with E-state index in [9.17, 15) is 0 Å². The monoisotopic (exact) mass is 359 g/mol. The molecule has 136 valence electrons. The van der Waals surface area contributed by atoms with Crippen LogP contribution in [0, 0.1) is 0 Å². The molecule has 5 nitrogen and oxygen atoms in total. The molecule has 0 saturated heterocycles. The van der Waals surface area contributed by atoms with E-state index in [0.29, 0.717) is 12.3 Å². The summed E-state index contributed by atoms with van der Waals surface area (Å²) in [5.74, 6) is 0.284. The van der Waals surface area contributed by atoms with Crippen LogP contribution in [-0.2, 0) is 11.3 Å². The van der Waals surface area contributed by atoms with Gasteiger partial charge >= 0.3 is 0 Å². The molecule has 0 amide bonds. The first-order valence-electron chi connectivity index (χ1n) is 8.87. The van der Waals surface area contributed by atoms with Gasteiger partial charge in [0.2, 0.25) is 0 Å². The lowest BCUT2D eigenvalue weighted by atomic mass is 9.92. The van der Waals surface area contributed by atoms with Crippen molar-refractivity contribution >= 4 is 28.0 Å². The molecular weight excluding hydrogens is 338 g/mol. The van der Waals surface area contributed by atoms with Crippen LogP contribution < -0.4 is 0 Å². The molecule has 0 aliphatic carbocycles. The van der Waals surface area contributed by atoms with Crippen LogP contribution in [0.25, 0.3) is 21.8 Å². The summed E-state index contributed by atoms with van der Waals surface area (Å²) in [6.07, 6.45) is 3.12. The highest BCUT2D eigenvalue weighted by Gasteiger charge is 2.16. The lowest BCUT2D eigenvalue weighted by molar-refractivity contribution is 0.185. The number of hydrogen-bond donors (Lipinski definition) is 2. The number of ether oxygens (including phenoxy) is 1. The summed E-state index contributed by atoms with van der Waals surface area (Å²) in [5.41, 5.74) is 6.02. The Balaban J connectivity index is 1.94. The largest absolute Gasteiger partial charge is 0.411 e. The molecule has 0 aliphatic rings. The van der Waals surface area contributed by atoms with Crippen LogP contribution >= 0.6 is 0 Å². The highest BCUT2D eigenvalue weighted by Crippen LogP contribution is 2.33. The van der Waals surface area contributed by atoms with Crippen molar-refractivity contribution in [1.29, 1.82) is 0 Å². The lowest BCUT2D eigenvalue weighted by Gasteiger charge is -2.13. The third-order valence-corrected chi connectivity index (χ3v) is 5.06. The van der Waals surface area contributed by atoms with Crippen LogP contribution in [0.1, 0.15) is 35.2 Å². The molecular formula is C22H21N3O2. The summed E-state index contributed by atoms with van der Waals surface area (Å²) in [7, 11) is 1.65. The molecule has 5 heteroatoms. The van der Waals surface area contributed by atoms with E-state index < -0.39 is 0 Å². The molecule has 2 aromatic carbocycles. The Morgan fingerprint density at radius 1 is 1.15 bits per heavy atom. The number of fused-ring (bicyclic) bond motifs is 3. The Kier molecular flexibility index (Phi) is 4.60. The molecule has 1 atom stereocenters. The van der Waals surface area contributed by atoms with Crippen molar-refractivity contribution in [2.24, 2.45) is 5.16 Å². The molecule has 0 fully saturated rings. The average Bonchev–Trinajstić information content (AvgIpc) is 3.08. The second-order valence-electron chi connectivity index (χ2n) is 6.65. The topological polar surface area (TPSA) is 70.5 Å². The zero-order valence-electron chi connectivity index (χ0n) is 15.3. The molecule has 0 radical (unpaired) electrons. The van der Waals surface area contributed by atoms with E-state index in [1.165, 1.54) is 17.3 Å². The van der Waals surface area contributed by atoms with Crippen LogP contribution in [0.3, 0.4) is 0 Å². The van der Waals surface area contributed by atoms with Gasteiger partial charge in [-0.3, -0.25) is 4.98 Å². The number of nitrogens with zero attached hydrogens (tertiary/aromatic N) is 2. The lowest BCUT2D eigenvalue weighted by Crippen LogP contribution is -2.00. The zero-order valence-corrected chi connectivity index (χ0v) is 15.3. The SMILES string of the molecule is COCc1c(/C=N/O)ncc2[nH]c3ccc(C(C)c4ccccc4)cc3c12. The second-order valence-corrected chi connectivity index (χ2v) is 6.65. The maximum Gasteiger partial charge on any atom is 0.0922 e. The van der Waals surface area contributed by atoms with Gasteiger partial charge in [0.05, 0.1) is 30.2 Å². The fraction of sp³-hybridized carbons (Fsp3) is 0.182. The normalized spacial score (nSPS) is 13.0. The highest BCUT2D eigenvalue weighted by molar-refractivity contribution is 6.10. The van der Waals surface area contributed by atoms with Crippen LogP contribution in [0.2, 0.25) is 0 Å². The summed E-state index contributed by atoms with van der Waals surface area (Å²) in [6, 6.07) is 17.0. The highest BCUT2D eigenvalue weighted by atomic mass is 16.5. The molecule has 4 rings (SSSR count). The molecule has 1 unspecified atom stereocenters. The van der Waals surface area contributed by atoms with E-state index in [4.69, 9.17) is 9.94 Å². The number of H-pyrrole nitrogens is 1. The van der Waals surface area contributed by atoms with Crippen LogP contribution in [-0.4, -0.2) is 28.5 Å². The first kappa shape index (κ1) is 17.2. The summed E-state index contributed by atoms with van der Waals surface area (Å²) < 4.78 is 5.39. The Bertz CT molecular complexity index is 1120. The first-order chi connectivity index (χ1) is 13.2. The summed E-state index contributed by atoms with van der Waals surface area (Å²) in [4.78, 5) is 7.82. The molecule has 2 N–H and O–H groups in total. The van der Waals surface area contributed by atoms with Gasteiger partial charge in [-0.05, 0) is 23.3 Å². The number of nitrogens with one attached hydrogen (secondary N) is 1. The summed E-state index contributed by atoms with van der Waals surface area (Å²) in [5, 5.41) is 14.3. The summed E-state index contributed by atoms with van der Waals surface area (Å²) in [6.45, 7) is 2.60. The maximum absolute atomic E-state index is 8.97. The van der Waals surface area contributed by atoms with Crippen LogP contribution in [0.15, 0.2) is 59.9 Å². The number of oxime groups is 1. The Hall–Kier alpha value is -3.18. The third-order valence-electron chi connectivity index (χ3n) is 5.06. The van der Waals surface area contributed by atoms with Crippen LogP contribution in [0.4, 0.5) is 0 Å². The van der Waals surface area contributed by atoms with Gasteiger partial charge < -0.3 is 14.9 Å². The van der Waals surface area contributed by atoms with Crippen molar-refractivity contribution in [2.45, 2.75) is 19.4 Å². The Labute approximate surface area is 157 Å². The van der Waals surface area contributed by atoms with Crippen molar-refractivity contribution in [1.82, 2.24) is 9.97 Å². The second kappa shape index (κ2) is 7.21. The predicted octanol–water partition coefficient (Wildman–Crippen LogP) is 4.82. The smallest absolute Gasteiger partial charge is 0.0922 e. The average molecular weight is 359 g/mol. The van der Waals surface area contributed by atoms with Crippen molar-refractivity contribution in [3.8, 4) is 0 Å². The minimum atomic E-state index is 0.284. The standard InChI is InChI=1S/C22H21N3O2/c1-14(15-6-4-3-5-7-15)16-8-9-19-17(10-16)22-18(13-27-2)20(12-24-26)23-11-21(22)25-19/h3-12,14,25-26H,13H2,1-2H3/b24-12+. The van der Waals surface area contributed by atoms with E-state index in [1.807, 2.05) is 6.07 Å². The number of methoxy groups -OCH3 is 1. The van der Waals surface area contributed by atoms with Gasteiger partial charge in [0.25, 0.3) is 0 Å². The van der Waals surface area contributed by atoms with Crippen LogP contribution in [0.5, 0.6) is 0 Å². The molecule has 0 bridgehead atoms. The number of benzene rings is 2. The number of pyridine rings is 1. The van der Waals surface area contributed by atoms with Gasteiger partial charge in [-0.1, -0.05) is 48.5 Å². The van der Waals surface area contributed by atoms with Gasteiger partial charge in [-0.15, -0.1) is 0 Å². The van der Waals surface area contributed by atoms with E-state index in [2.05, 4.69) is 64.5 Å². The minimum absolute atomic E-state index is 0.284. The van der Waals surface area contributed by atoms with E-state index in [0.717, 1.165) is 27.4 Å². The molecule has 2 aromatic heterocycles. The molecule has 0 aliphatic heterocycles. The molecule has 0 saturated carbocycles. The summed E-state index contributed by atoms with van der Waals surface area (Å²) >= 11 is 0. The zero-order chi connectivity index (χ0) is 18.8. The maximum atomic E-state index is 8.97. The number of aromatic amines is 1. The minimum Gasteiger partial charge on any atom is -0.411 e. The van der Waals surface area contributed by atoms with Crippen molar-refractivity contribution in [3.63, 3.8) is 0 Å². The van der Waals surface area contributed by atoms with Gasteiger partial charge in [-0.25, -0.2) is 0 Å². The van der Waals surface area contributed by atoms with E-state index in [1.54, 1.807) is 13.3 Å². The number of rotatable bonds is 5. The van der Waals surface area contributed by atoms with Crippen molar-refractivity contribution in [2.75, 3.05) is 7.11 Å². The van der Waals surface area contributed by atoms with Crippen molar-refractivity contribution < 1.29 is 9.94 Å². The Morgan fingerprint density at radius 3 is 2.70 bits per heavy atom. The Morgan fingerprint density at radius 2 is 1.96 bits per heavy atom. The molecule has 0 spiro atoms. The molecule has 27 heavy (non-hydrogen) atoms. The van der Waals surface area contributed by atoms with Gasteiger partial charge in [0.15, 0.2) is 0 Å². The quantitative estimate of drug-likeness (QED) is 0.305. The number of hydrogen-bond acceptors (Lipinski definition) is 4. The fourth-order valence-corrected chi connectivity index (χ4v) is 3.65.